The number of urea groups is 1. The van der Waals surface area contributed by atoms with Crippen molar-refractivity contribution in [2.45, 2.75) is 25.3 Å². The molecule has 1 aromatic rings. The first-order chi connectivity index (χ1) is 9.07. The fourth-order valence-corrected chi connectivity index (χ4v) is 2.25. The van der Waals surface area contributed by atoms with Crippen molar-refractivity contribution in [1.82, 2.24) is 10.6 Å². The second-order valence-corrected chi connectivity index (χ2v) is 4.93. The highest BCUT2D eigenvalue weighted by molar-refractivity contribution is 6.06. The predicted molar refractivity (Wildman–Crippen MR) is 66.0 cm³/mol. The normalized spacial score (nSPS) is 24.3. The van der Waals surface area contributed by atoms with Gasteiger partial charge in [0, 0.05) is 0 Å². The quantitative estimate of drug-likeness (QED) is 0.795. The Hall–Kier alpha value is -2.24. The summed E-state index contributed by atoms with van der Waals surface area (Å²) in [4.78, 5) is 22.8. The molecule has 0 aliphatic carbocycles. The van der Waals surface area contributed by atoms with Crippen molar-refractivity contribution in [1.29, 1.82) is 0 Å². The molecule has 2 heterocycles. The van der Waals surface area contributed by atoms with Crippen LogP contribution in [0.3, 0.4) is 0 Å². The van der Waals surface area contributed by atoms with E-state index in [0.29, 0.717) is 12.8 Å². The molecule has 2 aliphatic heterocycles. The van der Waals surface area contributed by atoms with Crippen LogP contribution in [0.15, 0.2) is 18.2 Å². The smallest absolute Gasteiger partial charge is 0.322 e. The molecule has 2 N–H and O–H groups in total. The number of carbonyl (C=O) groups excluding carboxylic acids is 2. The maximum Gasteiger partial charge on any atom is 0.322 e. The molecule has 19 heavy (non-hydrogen) atoms. The molecule has 1 aromatic carbocycles. The van der Waals surface area contributed by atoms with Gasteiger partial charge in [-0.05, 0) is 37.5 Å². The minimum absolute atomic E-state index is 0.245. The average Bonchev–Trinajstić information content (AvgIpc) is 2.92. The Morgan fingerprint density at radius 2 is 2.05 bits per heavy atom. The fourth-order valence-electron chi connectivity index (χ4n) is 2.25. The van der Waals surface area contributed by atoms with Crippen LogP contribution in [0.2, 0.25) is 0 Å². The van der Waals surface area contributed by atoms with Gasteiger partial charge in [-0.1, -0.05) is 6.07 Å². The standard InChI is InChI=1S/C13H14N2O4/c1-13(11(16)14-12(17)15-13)5-4-8-2-3-9-10(6-8)19-7-18-9/h2-3,6H,4-5,7H2,1H3,(H2,14,15,16,17)/t13-/m1/s1. The van der Waals surface area contributed by atoms with Crippen LogP contribution in [0.5, 0.6) is 11.5 Å². The summed E-state index contributed by atoms with van der Waals surface area (Å²) in [5.74, 6) is 1.18. The van der Waals surface area contributed by atoms with Crippen LogP contribution in [0.25, 0.3) is 0 Å². The van der Waals surface area contributed by atoms with Crippen molar-refractivity contribution in [2.75, 3.05) is 6.79 Å². The van der Waals surface area contributed by atoms with Gasteiger partial charge in [-0.2, -0.15) is 0 Å². The molecule has 0 saturated carbocycles. The molecule has 0 spiro atoms. The Morgan fingerprint density at radius 1 is 1.26 bits per heavy atom. The largest absolute Gasteiger partial charge is 0.454 e. The van der Waals surface area contributed by atoms with E-state index >= 15 is 0 Å². The van der Waals surface area contributed by atoms with Crippen LogP contribution >= 0.6 is 0 Å². The Bertz CT molecular complexity index is 558. The van der Waals surface area contributed by atoms with Crippen molar-refractivity contribution in [3.05, 3.63) is 23.8 Å². The minimum Gasteiger partial charge on any atom is -0.454 e. The van der Waals surface area contributed by atoms with Crippen molar-refractivity contribution in [3.63, 3.8) is 0 Å². The summed E-state index contributed by atoms with van der Waals surface area (Å²) in [5, 5.41) is 4.90. The van der Waals surface area contributed by atoms with Gasteiger partial charge in [-0.15, -0.1) is 0 Å². The zero-order valence-corrected chi connectivity index (χ0v) is 10.5. The molecule has 6 nitrogen and oxygen atoms in total. The Balaban J connectivity index is 1.69. The molecular weight excluding hydrogens is 248 g/mol. The lowest BCUT2D eigenvalue weighted by Crippen LogP contribution is -2.43. The van der Waals surface area contributed by atoms with Gasteiger partial charge in [-0.25, -0.2) is 4.79 Å². The Morgan fingerprint density at radius 3 is 2.79 bits per heavy atom. The molecular formula is C13H14N2O4. The summed E-state index contributed by atoms with van der Waals surface area (Å²) in [7, 11) is 0. The van der Waals surface area contributed by atoms with Crippen LogP contribution < -0.4 is 20.1 Å². The fraction of sp³-hybridized carbons (Fsp3) is 0.385. The van der Waals surface area contributed by atoms with Gasteiger partial charge in [-0.3, -0.25) is 10.1 Å². The summed E-state index contributed by atoms with van der Waals surface area (Å²) in [6.45, 7) is 1.97. The lowest BCUT2D eigenvalue weighted by molar-refractivity contribution is -0.123. The summed E-state index contributed by atoms with van der Waals surface area (Å²) >= 11 is 0. The maximum absolute atomic E-state index is 11.7. The van der Waals surface area contributed by atoms with Gasteiger partial charge in [0.25, 0.3) is 5.91 Å². The molecule has 1 saturated heterocycles. The van der Waals surface area contributed by atoms with Crippen LogP contribution in [0.4, 0.5) is 4.79 Å². The van der Waals surface area contributed by atoms with Gasteiger partial charge in [0.15, 0.2) is 11.5 Å². The zero-order valence-electron chi connectivity index (χ0n) is 10.5. The van der Waals surface area contributed by atoms with Gasteiger partial charge in [0.2, 0.25) is 6.79 Å². The molecule has 0 bridgehead atoms. The first-order valence-corrected chi connectivity index (χ1v) is 6.09. The molecule has 0 unspecified atom stereocenters. The van der Waals surface area contributed by atoms with Gasteiger partial charge < -0.3 is 14.8 Å². The van der Waals surface area contributed by atoms with E-state index in [1.165, 1.54) is 0 Å². The van der Waals surface area contributed by atoms with Gasteiger partial charge >= 0.3 is 6.03 Å². The first kappa shape index (κ1) is 11.8. The molecule has 1 fully saturated rings. The van der Waals surface area contributed by atoms with E-state index in [1.807, 2.05) is 18.2 Å². The summed E-state index contributed by atoms with van der Waals surface area (Å²) in [6, 6.07) is 5.26. The van der Waals surface area contributed by atoms with E-state index in [4.69, 9.17) is 9.47 Å². The summed E-state index contributed by atoms with van der Waals surface area (Å²) in [5.41, 5.74) is 0.201. The van der Waals surface area contributed by atoms with Gasteiger partial charge in [0.05, 0.1) is 0 Å². The maximum atomic E-state index is 11.7. The van der Waals surface area contributed by atoms with Crippen molar-refractivity contribution >= 4 is 11.9 Å². The number of amides is 3. The molecule has 2 aliphatic rings. The lowest BCUT2D eigenvalue weighted by atomic mass is 9.93. The third-order valence-electron chi connectivity index (χ3n) is 3.47. The van der Waals surface area contributed by atoms with Crippen LogP contribution in [0, 0.1) is 0 Å². The number of carbonyl (C=O) groups is 2. The van der Waals surface area contributed by atoms with E-state index in [-0.39, 0.29) is 12.7 Å². The van der Waals surface area contributed by atoms with Crippen molar-refractivity contribution < 1.29 is 19.1 Å². The predicted octanol–water partition coefficient (Wildman–Crippen LogP) is 0.946. The minimum atomic E-state index is -0.840. The molecule has 0 radical (unpaired) electrons. The summed E-state index contributed by atoms with van der Waals surface area (Å²) in [6.07, 6.45) is 1.20. The average molecular weight is 262 g/mol. The number of ether oxygens (including phenoxy) is 2. The number of benzene rings is 1. The first-order valence-electron chi connectivity index (χ1n) is 6.09. The van der Waals surface area contributed by atoms with E-state index in [9.17, 15) is 9.59 Å². The molecule has 3 amide bonds. The molecule has 0 aromatic heterocycles. The molecule has 100 valence electrons. The number of hydrogen-bond acceptors (Lipinski definition) is 4. The topological polar surface area (TPSA) is 76.7 Å². The number of hydrogen-bond donors (Lipinski definition) is 2. The number of nitrogens with one attached hydrogen (secondary N) is 2. The second-order valence-electron chi connectivity index (χ2n) is 4.93. The SMILES string of the molecule is C[C@]1(CCc2ccc3c(c2)OCO3)NC(=O)NC1=O. The number of imide groups is 1. The lowest BCUT2D eigenvalue weighted by Gasteiger charge is -2.20. The highest BCUT2D eigenvalue weighted by Gasteiger charge is 2.41. The number of rotatable bonds is 3. The summed E-state index contributed by atoms with van der Waals surface area (Å²) < 4.78 is 10.5. The third-order valence-corrected chi connectivity index (χ3v) is 3.47. The zero-order chi connectivity index (χ0) is 13.5. The highest BCUT2D eigenvalue weighted by atomic mass is 16.7. The third kappa shape index (κ3) is 2.09. The van der Waals surface area contributed by atoms with E-state index in [0.717, 1.165) is 17.1 Å². The van der Waals surface area contributed by atoms with E-state index in [1.54, 1.807) is 6.92 Å². The Kier molecular flexibility index (Phi) is 2.58. The monoisotopic (exact) mass is 262 g/mol. The number of aryl methyl sites for hydroxylation is 1. The Labute approximate surface area is 110 Å². The van der Waals surface area contributed by atoms with Gasteiger partial charge in [0.1, 0.15) is 5.54 Å². The van der Waals surface area contributed by atoms with Crippen LogP contribution in [0.1, 0.15) is 18.9 Å². The second kappa shape index (κ2) is 4.15. The van der Waals surface area contributed by atoms with Crippen LogP contribution in [-0.2, 0) is 11.2 Å². The molecule has 1 atom stereocenters. The van der Waals surface area contributed by atoms with E-state index < -0.39 is 11.6 Å². The number of fused-ring (bicyclic) bond motifs is 1. The molecule has 6 heteroatoms. The van der Waals surface area contributed by atoms with E-state index in [2.05, 4.69) is 10.6 Å². The van der Waals surface area contributed by atoms with Crippen molar-refractivity contribution in [3.8, 4) is 11.5 Å². The molecule has 3 rings (SSSR count). The van der Waals surface area contributed by atoms with Crippen molar-refractivity contribution in [2.24, 2.45) is 0 Å². The van der Waals surface area contributed by atoms with Crippen LogP contribution in [-0.4, -0.2) is 24.3 Å². The highest BCUT2D eigenvalue weighted by Crippen LogP contribution is 2.33.